The lowest BCUT2D eigenvalue weighted by atomic mass is 10.0. The minimum Gasteiger partial charge on any atom is -0.465 e. The highest BCUT2D eigenvalue weighted by Gasteiger charge is 2.29. The molecule has 0 atom stereocenters. The number of amides is 1. The lowest BCUT2D eigenvalue weighted by molar-refractivity contribution is 0.112. The number of benzene rings is 1. The van der Waals surface area contributed by atoms with Gasteiger partial charge in [0.1, 0.15) is 12.1 Å². The molecule has 0 unspecified atom stereocenters. The van der Waals surface area contributed by atoms with Gasteiger partial charge in [0.05, 0.1) is 5.69 Å². The van der Waals surface area contributed by atoms with Crippen molar-refractivity contribution in [2.75, 3.05) is 4.90 Å². The van der Waals surface area contributed by atoms with Gasteiger partial charge < -0.3 is 5.11 Å². The number of rotatable bonds is 2. The van der Waals surface area contributed by atoms with E-state index in [0.29, 0.717) is 6.29 Å². The number of carboxylic acid groups (broad SMARTS) is 1. The molecule has 0 aliphatic rings. The molecule has 0 aromatic heterocycles. The van der Waals surface area contributed by atoms with Crippen LogP contribution in [-0.2, 0) is 0 Å². The van der Waals surface area contributed by atoms with E-state index < -0.39 is 17.4 Å². The highest BCUT2D eigenvalue weighted by Crippen LogP contribution is 2.27. The molecule has 0 aliphatic carbocycles. The Morgan fingerprint density at radius 1 is 1.41 bits per heavy atom. The third-order valence-electron chi connectivity index (χ3n) is 2.21. The molecule has 0 radical (unpaired) electrons. The summed E-state index contributed by atoms with van der Waals surface area (Å²) in [5.41, 5.74) is -0.656. The second kappa shape index (κ2) is 4.53. The SMILES string of the molecule is CC(C)(C)N(C(=O)O)c1ccc(C=O)cc1F. The van der Waals surface area contributed by atoms with Crippen molar-refractivity contribution in [2.24, 2.45) is 0 Å². The van der Waals surface area contributed by atoms with E-state index in [1.54, 1.807) is 20.8 Å². The van der Waals surface area contributed by atoms with Crippen LogP contribution in [0.25, 0.3) is 0 Å². The van der Waals surface area contributed by atoms with Crippen LogP contribution in [0.15, 0.2) is 18.2 Å². The molecular weight excluding hydrogens is 225 g/mol. The Balaban J connectivity index is 3.30. The van der Waals surface area contributed by atoms with E-state index in [2.05, 4.69) is 0 Å². The molecule has 5 heteroatoms. The molecule has 0 fully saturated rings. The molecule has 1 N–H and O–H groups in total. The third kappa shape index (κ3) is 2.81. The maximum Gasteiger partial charge on any atom is 0.412 e. The fourth-order valence-corrected chi connectivity index (χ4v) is 1.53. The Morgan fingerprint density at radius 3 is 2.35 bits per heavy atom. The first-order chi connectivity index (χ1) is 7.77. The molecule has 1 aromatic rings. The van der Waals surface area contributed by atoms with E-state index in [1.807, 2.05) is 0 Å². The van der Waals surface area contributed by atoms with Crippen molar-refractivity contribution in [3.05, 3.63) is 29.6 Å². The molecule has 0 saturated heterocycles. The molecule has 0 aliphatic heterocycles. The number of anilines is 1. The summed E-state index contributed by atoms with van der Waals surface area (Å²) in [5.74, 6) is -0.730. The van der Waals surface area contributed by atoms with Gasteiger partial charge in [0.15, 0.2) is 0 Å². The van der Waals surface area contributed by atoms with Gasteiger partial charge in [-0.2, -0.15) is 0 Å². The van der Waals surface area contributed by atoms with Crippen LogP contribution >= 0.6 is 0 Å². The fraction of sp³-hybridized carbons (Fsp3) is 0.333. The van der Waals surface area contributed by atoms with Gasteiger partial charge in [-0.05, 0) is 39.0 Å². The first-order valence-corrected chi connectivity index (χ1v) is 5.05. The number of hydrogen-bond donors (Lipinski definition) is 1. The van der Waals surface area contributed by atoms with Gasteiger partial charge >= 0.3 is 6.09 Å². The monoisotopic (exact) mass is 239 g/mol. The summed E-state index contributed by atoms with van der Waals surface area (Å²) in [6.45, 7) is 4.98. The maximum atomic E-state index is 13.7. The van der Waals surface area contributed by atoms with Crippen molar-refractivity contribution in [1.29, 1.82) is 0 Å². The van der Waals surface area contributed by atoms with Crippen molar-refractivity contribution < 1.29 is 19.1 Å². The fourth-order valence-electron chi connectivity index (χ4n) is 1.53. The summed E-state index contributed by atoms with van der Waals surface area (Å²) in [6, 6.07) is 3.69. The normalized spacial score (nSPS) is 11.1. The van der Waals surface area contributed by atoms with Gasteiger partial charge in [0.2, 0.25) is 0 Å². The zero-order valence-electron chi connectivity index (χ0n) is 9.90. The van der Waals surface area contributed by atoms with Gasteiger partial charge in [-0.15, -0.1) is 0 Å². The van der Waals surface area contributed by atoms with E-state index in [9.17, 15) is 14.0 Å². The zero-order chi connectivity index (χ0) is 13.2. The zero-order valence-corrected chi connectivity index (χ0v) is 9.90. The number of aldehydes is 1. The smallest absolute Gasteiger partial charge is 0.412 e. The molecule has 1 amide bonds. The van der Waals surface area contributed by atoms with E-state index in [-0.39, 0.29) is 11.3 Å². The summed E-state index contributed by atoms with van der Waals surface area (Å²) in [7, 11) is 0. The van der Waals surface area contributed by atoms with Crippen molar-refractivity contribution in [3.63, 3.8) is 0 Å². The number of carbonyl (C=O) groups is 2. The molecule has 0 bridgehead atoms. The highest BCUT2D eigenvalue weighted by atomic mass is 19.1. The number of nitrogens with zero attached hydrogens (tertiary/aromatic N) is 1. The Morgan fingerprint density at radius 2 is 2.00 bits per heavy atom. The van der Waals surface area contributed by atoms with Gasteiger partial charge in [-0.3, -0.25) is 9.69 Å². The first-order valence-electron chi connectivity index (χ1n) is 5.05. The topological polar surface area (TPSA) is 57.6 Å². The van der Waals surface area contributed by atoms with Gasteiger partial charge in [-0.1, -0.05) is 0 Å². The van der Waals surface area contributed by atoms with Crippen LogP contribution in [0.4, 0.5) is 14.9 Å². The van der Waals surface area contributed by atoms with E-state index in [4.69, 9.17) is 5.11 Å². The van der Waals surface area contributed by atoms with Gasteiger partial charge in [0.25, 0.3) is 0 Å². The second-order valence-electron chi connectivity index (χ2n) is 4.62. The average Bonchev–Trinajstić information content (AvgIpc) is 2.18. The number of halogens is 1. The lowest BCUT2D eigenvalue weighted by Crippen LogP contribution is -2.45. The predicted octanol–water partition coefficient (Wildman–Crippen LogP) is 2.92. The minimum absolute atomic E-state index is 0.0596. The molecule has 17 heavy (non-hydrogen) atoms. The maximum absolute atomic E-state index is 13.7. The van der Waals surface area contributed by atoms with Crippen LogP contribution in [0, 0.1) is 5.82 Å². The summed E-state index contributed by atoms with van der Waals surface area (Å²) in [5, 5.41) is 9.10. The third-order valence-corrected chi connectivity index (χ3v) is 2.21. The molecule has 1 aromatic carbocycles. The average molecular weight is 239 g/mol. The minimum atomic E-state index is -1.24. The largest absolute Gasteiger partial charge is 0.465 e. The predicted molar refractivity (Wildman–Crippen MR) is 62.0 cm³/mol. The summed E-state index contributed by atoms with van der Waals surface area (Å²) in [6.07, 6.45) is -0.732. The number of hydrogen-bond acceptors (Lipinski definition) is 2. The van der Waals surface area contributed by atoms with E-state index in [0.717, 1.165) is 11.0 Å². The Labute approximate surface area is 98.7 Å². The summed E-state index contributed by atoms with van der Waals surface area (Å²) in [4.78, 5) is 22.5. The van der Waals surface area contributed by atoms with Crippen LogP contribution in [0.5, 0.6) is 0 Å². The molecule has 4 nitrogen and oxygen atoms in total. The van der Waals surface area contributed by atoms with Crippen LogP contribution in [-0.4, -0.2) is 23.0 Å². The second-order valence-corrected chi connectivity index (χ2v) is 4.62. The molecule has 0 saturated carbocycles. The van der Waals surface area contributed by atoms with E-state index >= 15 is 0 Å². The quantitative estimate of drug-likeness (QED) is 0.807. The van der Waals surface area contributed by atoms with Crippen LogP contribution in [0.3, 0.4) is 0 Å². The van der Waals surface area contributed by atoms with Crippen molar-refractivity contribution in [3.8, 4) is 0 Å². The van der Waals surface area contributed by atoms with Crippen molar-refractivity contribution >= 4 is 18.1 Å². The number of carbonyl (C=O) groups excluding carboxylic acids is 1. The summed E-state index contributed by atoms with van der Waals surface area (Å²) >= 11 is 0. The van der Waals surface area contributed by atoms with E-state index in [1.165, 1.54) is 12.1 Å². The van der Waals surface area contributed by atoms with Crippen molar-refractivity contribution in [1.82, 2.24) is 0 Å². The standard InChI is InChI=1S/C12H14FNO3/c1-12(2,3)14(11(16)17)10-5-4-8(7-15)6-9(10)13/h4-7H,1-3H3,(H,16,17). The lowest BCUT2D eigenvalue weighted by Gasteiger charge is -2.33. The van der Waals surface area contributed by atoms with Crippen LogP contribution in [0.2, 0.25) is 0 Å². The van der Waals surface area contributed by atoms with Crippen molar-refractivity contribution in [2.45, 2.75) is 26.3 Å². The molecular formula is C12H14FNO3. The van der Waals surface area contributed by atoms with Crippen LogP contribution < -0.4 is 4.90 Å². The van der Waals surface area contributed by atoms with Gasteiger partial charge in [0, 0.05) is 11.1 Å². The Kier molecular flexibility index (Phi) is 3.50. The highest BCUT2D eigenvalue weighted by molar-refractivity contribution is 5.88. The first kappa shape index (κ1) is 13.2. The Hall–Kier alpha value is -1.91. The molecule has 1 rings (SSSR count). The molecule has 92 valence electrons. The Bertz CT molecular complexity index is 452. The molecule has 0 heterocycles. The summed E-state index contributed by atoms with van der Waals surface area (Å²) < 4.78 is 13.7. The van der Waals surface area contributed by atoms with Crippen LogP contribution in [0.1, 0.15) is 31.1 Å². The van der Waals surface area contributed by atoms with Gasteiger partial charge in [-0.25, -0.2) is 9.18 Å². The molecule has 0 spiro atoms.